The lowest BCUT2D eigenvalue weighted by Gasteiger charge is -2.25. The van der Waals surface area contributed by atoms with Gasteiger partial charge in [-0.3, -0.25) is 14.2 Å². The third-order valence-electron chi connectivity index (χ3n) is 12.4. The summed E-state index contributed by atoms with van der Waals surface area (Å²) >= 11 is 0. The Morgan fingerprint density at radius 3 is 2.17 bits per heavy atom. The Balaban J connectivity index is 0.000000152. The minimum atomic E-state index is -1.56. The molecule has 5 fully saturated rings. The number of fused-ring (bicyclic) bond motifs is 4. The standard InChI is InChI=1S/C21H24FN3O4.C20H15F3N4O3/c1-29-20-17-13(19(26)14(21(27)28)9-25(17)12-4-5-12)7-15(22)18(20)24-8-11-3-2-6-23-16(11)10-24;21-8-1-2-15(13(22)3-8)27-7-12(20(29)30)17(28)9-4-14(23)19(25-18(9)27)26-5-10-11(6-26)16(10)24/h7,9,11-12,16,23H,2-6,8,10H2,1H3,(H,27,28);1-4,7,10-11,16H,5-6,24H2,(H,29,30)/t11-,16+;10-,11+,16+/m0./s1. The van der Waals surface area contributed by atoms with Crippen LogP contribution in [-0.2, 0) is 0 Å². The van der Waals surface area contributed by atoms with Gasteiger partial charge >= 0.3 is 11.9 Å². The number of aromatic nitrogens is 3. The summed E-state index contributed by atoms with van der Waals surface area (Å²) < 4.78 is 66.5. The van der Waals surface area contributed by atoms with E-state index in [0.717, 1.165) is 67.7 Å². The number of hydrogen-bond acceptors (Lipinski definition) is 10. The number of nitrogens with one attached hydrogen (secondary N) is 1. The smallest absolute Gasteiger partial charge is 0.341 e. The maximum Gasteiger partial charge on any atom is 0.341 e. The molecule has 3 aromatic heterocycles. The Bertz CT molecular complexity index is 2700. The molecule has 2 aliphatic carbocycles. The molecule has 14 nitrogen and oxygen atoms in total. The number of nitrogens with zero attached hydrogens (tertiary/aromatic N) is 5. The molecule has 2 aromatic carbocycles. The number of benzene rings is 2. The Hall–Kier alpha value is -6.01. The molecule has 2 saturated carbocycles. The van der Waals surface area contributed by atoms with Crippen molar-refractivity contribution in [3.63, 3.8) is 0 Å². The number of nitrogens with two attached hydrogens (primary N) is 1. The molecular weight excluding hydrogens is 778 g/mol. The highest BCUT2D eigenvalue weighted by Gasteiger charge is 2.54. The van der Waals surface area contributed by atoms with Gasteiger partial charge in [0.2, 0.25) is 10.9 Å². The van der Waals surface area contributed by atoms with E-state index in [1.54, 1.807) is 9.47 Å². The highest BCUT2D eigenvalue weighted by atomic mass is 19.1. The number of pyridine rings is 3. The molecule has 3 aliphatic heterocycles. The number of rotatable bonds is 7. The molecule has 59 heavy (non-hydrogen) atoms. The van der Waals surface area contributed by atoms with Gasteiger partial charge in [-0.25, -0.2) is 32.1 Å². The quantitative estimate of drug-likeness (QED) is 0.172. The van der Waals surface area contributed by atoms with Gasteiger partial charge < -0.3 is 40.4 Å². The summed E-state index contributed by atoms with van der Waals surface area (Å²) in [6, 6.07) is 5.31. The first-order valence-electron chi connectivity index (χ1n) is 19.4. The number of ether oxygens (including phenoxy) is 1. The van der Waals surface area contributed by atoms with Gasteiger partial charge in [0.25, 0.3) is 0 Å². The molecule has 0 amide bonds. The van der Waals surface area contributed by atoms with Crippen LogP contribution in [0.3, 0.4) is 0 Å². The van der Waals surface area contributed by atoms with Crippen molar-refractivity contribution >= 4 is 45.4 Å². The second-order valence-corrected chi connectivity index (χ2v) is 15.9. The summed E-state index contributed by atoms with van der Waals surface area (Å²) in [4.78, 5) is 56.4. The first kappa shape index (κ1) is 38.5. The Morgan fingerprint density at radius 1 is 0.847 bits per heavy atom. The third kappa shape index (κ3) is 6.54. The minimum absolute atomic E-state index is 0.0272. The molecule has 3 saturated heterocycles. The number of hydrogen-bond donors (Lipinski definition) is 4. The van der Waals surface area contributed by atoms with Crippen LogP contribution in [0.25, 0.3) is 27.6 Å². The minimum Gasteiger partial charge on any atom is -0.492 e. The lowest BCUT2D eigenvalue weighted by atomic mass is 9.94. The zero-order valence-corrected chi connectivity index (χ0v) is 31.6. The number of carbonyl (C=O) groups is 2. The Morgan fingerprint density at radius 2 is 1.53 bits per heavy atom. The van der Waals surface area contributed by atoms with E-state index in [4.69, 9.17) is 10.5 Å². The lowest BCUT2D eigenvalue weighted by molar-refractivity contribution is 0.0684. The molecule has 308 valence electrons. The average Bonchev–Trinajstić information content (AvgIpc) is 4.03. The van der Waals surface area contributed by atoms with Crippen molar-refractivity contribution in [3.05, 3.63) is 97.6 Å². The first-order chi connectivity index (χ1) is 28.2. The Kier molecular flexibility index (Phi) is 9.38. The van der Waals surface area contributed by atoms with E-state index in [0.29, 0.717) is 54.6 Å². The molecule has 0 radical (unpaired) electrons. The van der Waals surface area contributed by atoms with Crippen LogP contribution in [0.5, 0.6) is 5.75 Å². The van der Waals surface area contributed by atoms with Gasteiger partial charge in [0.1, 0.15) is 28.4 Å². The van der Waals surface area contributed by atoms with E-state index in [-0.39, 0.29) is 57.4 Å². The summed E-state index contributed by atoms with van der Waals surface area (Å²) in [5, 5.41) is 22.1. The molecule has 5 aliphatic rings. The largest absolute Gasteiger partial charge is 0.492 e. The molecule has 0 unspecified atom stereocenters. The molecule has 10 rings (SSSR count). The lowest BCUT2D eigenvalue weighted by Crippen LogP contribution is -2.40. The van der Waals surface area contributed by atoms with Crippen molar-refractivity contribution in [1.29, 1.82) is 0 Å². The maximum absolute atomic E-state index is 15.3. The van der Waals surface area contributed by atoms with Gasteiger partial charge in [-0.05, 0) is 74.2 Å². The third-order valence-corrected chi connectivity index (χ3v) is 12.4. The summed E-state index contributed by atoms with van der Waals surface area (Å²) in [5.74, 6) is -4.77. The predicted molar refractivity (Wildman–Crippen MR) is 208 cm³/mol. The van der Waals surface area contributed by atoms with E-state index >= 15 is 4.39 Å². The van der Waals surface area contributed by atoms with Crippen LogP contribution in [0, 0.1) is 41.0 Å². The number of aromatic carboxylic acids is 2. The second kappa shape index (κ2) is 14.4. The van der Waals surface area contributed by atoms with E-state index < -0.39 is 51.6 Å². The van der Waals surface area contributed by atoms with Gasteiger partial charge in [-0.1, -0.05) is 0 Å². The average molecular weight is 818 g/mol. The van der Waals surface area contributed by atoms with Gasteiger partial charge in [-0.15, -0.1) is 0 Å². The molecule has 5 atom stereocenters. The fourth-order valence-corrected chi connectivity index (χ4v) is 9.15. The normalized spacial score (nSPS) is 23.2. The SMILES string of the molecule is COc1c(N2C[C@@H]3CCCN[C@@H]3C2)c(F)cc2c(=O)c(C(=O)O)cn(C3CC3)c12.N[C@@H]1[C@H]2CN(c3nc4c(cc3F)c(=O)c(C(=O)O)cn4-c3ccc(F)cc3F)C[C@@H]12. The van der Waals surface area contributed by atoms with E-state index in [2.05, 4.69) is 10.3 Å². The zero-order chi connectivity index (χ0) is 41.6. The van der Waals surface area contributed by atoms with Gasteiger partial charge in [0.05, 0.1) is 29.1 Å². The molecular formula is C41H39F4N7O7. The monoisotopic (exact) mass is 817 g/mol. The predicted octanol–water partition coefficient (Wildman–Crippen LogP) is 4.27. The van der Waals surface area contributed by atoms with Crippen LogP contribution in [0.1, 0.15) is 52.4 Å². The van der Waals surface area contributed by atoms with E-state index in [1.807, 2.05) is 4.90 Å². The second-order valence-electron chi connectivity index (χ2n) is 15.9. The van der Waals surface area contributed by atoms with Gasteiger partial charge in [0.15, 0.2) is 28.8 Å². The number of halogens is 4. The van der Waals surface area contributed by atoms with Crippen molar-refractivity contribution in [1.82, 2.24) is 19.4 Å². The molecule has 5 aromatic rings. The van der Waals surface area contributed by atoms with Crippen LogP contribution in [0.4, 0.5) is 29.1 Å². The van der Waals surface area contributed by atoms with E-state index in [1.165, 1.54) is 19.4 Å². The molecule has 5 N–H and O–H groups in total. The van der Waals surface area contributed by atoms with Crippen molar-refractivity contribution in [3.8, 4) is 11.4 Å². The number of anilines is 2. The fraction of sp³-hybridized carbons (Fsp3) is 0.390. The maximum atomic E-state index is 15.3. The summed E-state index contributed by atoms with van der Waals surface area (Å²) in [6.45, 7) is 3.40. The van der Waals surface area contributed by atoms with Crippen molar-refractivity contribution < 1.29 is 42.1 Å². The molecule has 6 heterocycles. The van der Waals surface area contributed by atoms with Crippen LogP contribution < -0.4 is 36.4 Å². The van der Waals surface area contributed by atoms with Crippen molar-refractivity contribution in [2.24, 2.45) is 23.5 Å². The summed E-state index contributed by atoms with van der Waals surface area (Å²) in [7, 11) is 1.48. The number of carboxylic acid groups (broad SMARTS) is 2. The van der Waals surface area contributed by atoms with Gasteiger partial charge in [0, 0.05) is 62.8 Å². The summed E-state index contributed by atoms with van der Waals surface area (Å²) in [6.07, 6.45) is 6.32. The van der Waals surface area contributed by atoms with Crippen molar-refractivity contribution in [2.75, 3.05) is 49.6 Å². The molecule has 0 bridgehead atoms. The van der Waals surface area contributed by atoms with Crippen molar-refractivity contribution in [2.45, 2.75) is 43.8 Å². The topological polar surface area (TPSA) is 185 Å². The molecule has 0 spiro atoms. The van der Waals surface area contributed by atoms with Gasteiger partial charge in [-0.2, -0.15) is 0 Å². The van der Waals surface area contributed by atoms with Crippen LogP contribution in [0.2, 0.25) is 0 Å². The first-order valence-corrected chi connectivity index (χ1v) is 19.4. The van der Waals surface area contributed by atoms with Crippen LogP contribution in [0.15, 0.2) is 52.3 Å². The van der Waals surface area contributed by atoms with E-state index in [9.17, 15) is 42.6 Å². The number of carboxylic acids is 2. The Labute approximate surface area is 332 Å². The van der Waals surface area contributed by atoms with Crippen LogP contribution in [-0.4, -0.2) is 88.2 Å². The number of piperidine rings is 2. The zero-order valence-electron chi connectivity index (χ0n) is 31.6. The van der Waals surface area contributed by atoms with Crippen LogP contribution >= 0.6 is 0 Å². The fourth-order valence-electron chi connectivity index (χ4n) is 9.15. The summed E-state index contributed by atoms with van der Waals surface area (Å²) in [5.41, 5.74) is 3.78. The highest BCUT2D eigenvalue weighted by Crippen LogP contribution is 2.46. The number of methoxy groups -OCH3 is 1. The highest BCUT2D eigenvalue weighted by molar-refractivity contribution is 5.97. The molecule has 18 heteroatoms.